The molecule has 0 spiro atoms. The summed E-state index contributed by atoms with van der Waals surface area (Å²) in [5, 5.41) is 14.3. The van der Waals surface area contributed by atoms with Crippen LogP contribution in [0, 0.1) is 5.41 Å². The lowest BCUT2D eigenvalue weighted by Gasteiger charge is -2.35. The lowest BCUT2D eigenvalue weighted by atomic mass is 9.70. The highest BCUT2D eigenvalue weighted by atomic mass is 15.0. The highest BCUT2D eigenvalue weighted by Crippen LogP contribution is 2.42. The van der Waals surface area contributed by atoms with Gasteiger partial charge in [-0.05, 0) is 57.0 Å². The van der Waals surface area contributed by atoms with Crippen molar-refractivity contribution in [2.75, 3.05) is 52.4 Å². The van der Waals surface area contributed by atoms with Gasteiger partial charge in [-0.2, -0.15) is 0 Å². The summed E-state index contributed by atoms with van der Waals surface area (Å²) in [7, 11) is 0. The third-order valence-corrected chi connectivity index (χ3v) is 15.4. The summed E-state index contributed by atoms with van der Waals surface area (Å²) < 4.78 is 0. The van der Waals surface area contributed by atoms with Gasteiger partial charge in [-0.25, -0.2) is 0 Å². The Balaban J connectivity index is 4.47. The molecule has 0 aromatic heterocycles. The molecule has 0 aliphatic heterocycles. The van der Waals surface area contributed by atoms with Crippen LogP contribution in [0.3, 0.4) is 0 Å². The number of hydrogen-bond acceptors (Lipinski definition) is 4. The van der Waals surface area contributed by atoms with Crippen molar-refractivity contribution in [1.29, 1.82) is 0 Å². The Morgan fingerprint density at radius 2 is 0.318 bits per heavy atom. The van der Waals surface area contributed by atoms with Crippen molar-refractivity contribution in [3.8, 4) is 0 Å². The average Bonchev–Trinajstić information content (AvgIpc) is 3.33. The summed E-state index contributed by atoms with van der Waals surface area (Å²) in [5.74, 6) is 0. The Bertz CT molecular complexity index is 773. The predicted octanol–water partition coefficient (Wildman–Crippen LogP) is 19.5. The second-order valence-electron chi connectivity index (χ2n) is 22.0. The number of rotatable bonds is 61. The maximum atomic E-state index is 3.65. The van der Waals surface area contributed by atoms with E-state index in [2.05, 4.69) is 49.0 Å². The first-order valence-electron chi connectivity index (χ1n) is 31.6. The van der Waals surface area contributed by atoms with Crippen molar-refractivity contribution < 1.29 is 0 Å². The van der Waals surface area contributed by atoms with Gasteiger partial charge < -0.3 is 21.3 Å². The Morgan fingerprint density at radius 3 is 0.530 bits per heavy atom. The molecule has 4 N–H and O–H groups in total. The maximum Gasteiger partial charge on any atom is 0.00772 e. The fourth-order valence-electron chi connectivity index (χ4n) is 10.8. The predicted molar refractivity (Wildman–Crippen MR) is 303 cm³/mol. The van der Waals surface area contributed by atoms with Crippen molar-refractivity contribution in [3.05, 3.63) is 0 Å². The molecule has 0 bridgehead atoms. The van der Waals surface area contributed by atoms with E-state index in [9.17, 15) is 0 Å². The normalized spacial score (nSPS) is 12.0. The van der Waals surface area contributed by atoms with E-state index < -0.39 is 0 Å². The fourth-order valence-corrected chi connectivity index (χ4v) is 10.8. The molecule has 0 aromatic rings. The maximum absolute atomic E-state index is 3.65. The van der Waals surface area contributed by atoms with Crippen LogP contribution in [0.15, 0.2) is 0 Å². The van der Waals surface area contributed by atoms with Gasteiger partial charge in [-0.1, -0.05) is 304 Å². The van der Waals surface area contributed by atoms with Gasteiger partial charge in [-0.3, -0.25) is 0 Å². The van der Waals surface area contributed by atoms with Crippen LogP contribution in [-0.2, 0) is 0 Å². The molecule has 0 radical (unpaired) electrons. The van der Waals surface area contributed by atoms with E-state index >= 15 is 0 Å². The minimum absolute atomic E-state index is 0.648. The Kier molecular flexibility index (Phi) is 59.0. The zero-order chi connectivity index (χ0) is 47.6. The van der Waals surface area contributed by atoms with Gasteiger partial charge in [0.1, 0.15) is 0 Å². The molecule has 0 saturated carbocycles. The highest BCUT2D eigenvalue weighted by Gasteiger charge is 2.28. The number of unbranched alkanes of at least 4 members (excludes halogenated alkanes) is 40. The van der Waals surface area contributed by atoms with E-state index in [0.29, 0.717) is 5.41 Å². The molecule has 0 rings (SSSR count). The monoisotopic (exact) mass is 931 g/mol. The standard InChI is InChI=1S/C62H130N4/c1-5-9-13-17-20-23-29-34-39-44-50-62(51-45-40-35-30-24-21-18-14-10-6-2,52-46-41-36-31-25-22-19-15-11-7-3)53-47-42-37-32-27-26-28-33-38-43-49-55-64-57-59-66-61-60-65-58-56-63-54-48-16-12-8-4/h63-66H,5-61H2,1-4H3. The SMILES string of the molecule is CCCCCCCCCCCCC(CCCCCCCCCCCC)(CCCCCCCCCCCC)CCCCCCCCCCCCCNCCNCCNCCNCCCCCC. The minimum atomic E-state index is 0.648. The molecule has 66 heavy (non-hydrogen) atoms. The van der Waals surface area contributed by atoms with Crippen LogP contribution in [0.5, 0.6) is 0 Å². The molecule has 0 atom stereocenters. The first-order valence-corrected chi connectivity index (χ1v) is 31.6. The lowest BCUT2D eigenvalue weighted by molar-refractivity contribution is 0.171. The van der Waals surface area contributed by atoms with E-state index in [1.807, 2.05) is 0 Å². The smallest absolute Gasteiger partial charge is 0.00772 e. The van der Waals surface area contributed by atoms with Crippen molar-refractivity contribution in [1.82, 2.24) is 21.3 Å². The van der Waals surface area contributed by atoms with Crippen LogP contribution in [0.4, 0.5) is 0 Å². The van der Waals surface area contributed by atoms with Crippen molar-refractivity contribution in [2.45, 2.75) is 342 Å². The Morgan fingerprint density at radius 1 is 0.167 bits per heavy atom. The third kappa shape index (κ3) is 53.2. The van der Waals surface area contributed by atoms with Gasteiger partial charge in [0.25, 0.3) is 0 Å². The van der Waals surface area contributed by atoms with Gasteiger partial charge in [0.2, 0.25) is 0 Å². The van der Waals surface area contributed by atoms with E-state index in [1.165, 1.54) is 302 Å². The van der Waals surface area contributed by atoms with E-state index in [0.717, 1.165) is 39.3 Å². The molecule has 0 amide bonds. The summed E-state index contributed by atoms with van der Waals surface area (Å²) in [6, 6.07) is 0. The van der Waals surface area contributed by atoms with E-state index in [-0.39, 0.29) is 0 Å². The lowest BCUT2D eigenvalue weighted by Crippen LogP contribution is -2.35. The molecule has 4 nitrogen and oxygen atoms in total. The average molecular weight is 932 g/mol. The topological polar surface area (TPSA) is 48.1 Å². The van der Waals surface area contributed by atoms with Crippen LogP contribution in [-0.4, -0.2) is 52.4 Å². The van der Waals surface area contributed by atoms with Gasteiger partial charge in [0.15, 0.2) is 0 Å². The summed E-state index contributed by atoms with van der Waals surface area (Å²) in [4.78, 5) is 0. The van der Waals surface area contributed by atoms with Crippen molar-refractivity contribution in [2.24, 2.45) is 5.41 Å². The van der Waals surface area contributed by atoms with E-state index in [1.54, 1.807) is 25.7 Å². The Labute approximate surface area is 419 Å². The molecular weight excluding hydrogens is 801 g/mol. The van der Waals surface area contributed by atoms with E-state index in [4.69, 9.17) is 0 Å². The minimum Gasteiger partial charge on any atom is -0.315 e. The molecule has 4 heteroatoms. The quantitative estimate of drug-likeness (QED) is 0.0459. The molecule has 0 heterocycles. The van der Waals surface area contributed by atoms with Crippen LogP contribution < -0.4 is 21.3 Å². The van der Waals surface area contributed by atoms with Crippen LogP contribution in [0.1, 0.15) is 342 Å². The van der Waals surface area contributed by atoms with Crippen LogP contribution in [0.2, 0.25) is 0 Å². The summed E-state index contributed by atoms with van der Waals surface area (Å²) in [5.41, 5.74) is 0.648. The molecule has 0 fully saturated rings. The van der Waals surface area contributed by atoms with Crippen molar-refractivity contribution in [3.63, 3.8) is 0 Å². The first-order chi connectivity index (χ1) is 32.7. The van der Waals surface area contributed by atoms with Gasteiger partial charge in [0, 0.05) is 39.3 Å². The summed E-state index contributed by atoms with van der Waals surface area (Å²) in [6.45, 7) is 18.1. The Hall–Kier alpha value is -0.160. The largest absolute Gasteiger partial charge is 0.315 e. The second kappa shape index (κ2) is 59.2. The molecule has 0 aromatic carbocycles. The van der Waals surface area contributed by atoms with Crippen molar-refractivity contribution >= 4 is 0 Å². The molecule has 398 valence electrons. The third-order valence-electron chi connectivity index (χ3n) is 15.4. The van der Waals surface area contributed by atoms with Gasteiger partial charge in [-0.15, -0.1) is 0 Å². The van der Waals surface area contributed by atoms with Gasteiger partial charge in [0.05, 0.1) is 0 Å². The van der Waals surface area contributed by atoms with Gasteiger partial charge >= 0.3 is 0 Å². The summed E-state index contributed by atoms with van der Waals surface area (Å²) >= 11 is 0. The second-order valence-corrected chi connectivity index (χ2v) is 22.0. The van der Waals surface area contributed by atoms with Crippen LogP contribution >= 0.6 is 0 Å². The summed E-state index contributed by atoms with van der Waals surface area (Å²) in [6.07, 6.45) is 71.6. The molecular formula is C62H130N4. The molecule has 0 aliphatic rings. The molecule has 0 saturated heterocycles. The number of hydrogen-bond donors (Lipinski definition) is 4. The number of nitrogens with one attached hydrogen (secondary N) is 4. The fraction of sp³-hybridized carbons (Fsp3) is 1.00. The van der Waals surface area contributed by atoms with Crippen LogP contribution in [0.25, 0.3) is 0 Å². The highest BCUT2D eigenvalue weighted by molar-refractivity contribution is 4.80. The zero-order valence-electron chi connectivity index (χ0n) is 46.8. The molecule has 0 aliphatic carbocycles. The first kappa shape index (κ1) is 65.8. The molecule has 0 unspecified atom stereocenters. The zero-order valence-corrected chi connectivity index (χ0v) is 46.8.